The summed E-state index contributed by atoms with van der Waals surface area (Å²) in [5, 5.41) is 8.24. The van der Waals surface area contributed by atoms with E-state index < -0.39 is 5.91 Å². The van der Waals surface area contributed by atoms with E-state index in [0.717, 1.165) is 29.8 Å². The van der Waals surface area contributed by atoms with Gasteiger partial charge in [0.25, 0.3) is 5.91 Å². The zero-order valence-corrected chi connectivity index (χ0v) is 21.3. The van der Waals surface area contributed by atoms with Crippen molar-refractivity contribution in [3.63, 3.8) is 0 Å². The van der Waals surface area contributed by atoms with Crippen LogP contribution in [0.1, 0.15) is 62.7 Å². The molecule has 0 unspecified atom stereocenters. The lowest BCUT2D eigenvalue weighted by molar-refractivity contribution is 0.100. The third-order valence-electron chi connectivity index (χ3n) is 5.79. The van der Waals surface area contributed by atoms with Gasteiger partial charge in [-0.2, -0.15) is 9.61 Å². The maximum atomic E-state index is 11.6. The molecule has 0 aromatic carbocycles. The highest BCUT2D eigenvalue weighted by Gasteiger charge is 2.17. The summed E-state index contributed by atoms with van der Waals surface area (Å²) >= 11 is 0. The Morgan fingerprint density at radius 1 is 1.17 bits per heavy atom. The molecule has 0 radical (unpaired) electrons. The highest BCUT2D eigenvalue weighted by molar-refractivity contribution is 5.99. The standard InChI is InChI=1S/C16H15N7O.C6H14.C4H8O/c1-18-13-6-12(21-16-10(14(17)24)7-20-23(13)16)11-8-22(2)15-9(11)4-3-5-19-15;1-3-5-6-4-2;1-2-4-5-3-1/h3-8,18H,1-2H3,(H2,17,24);3-6H2,1-2H3;1-4H2. The molecule has 0 spiro atoms. The summed E-state index contributed by atoms with van der Waals surface area (Å²) in [4.78, 5) is 20.6. The van der Waals surface area contributed by atoms with E-state index in [4.69, 9.17) is 10.5 Å². The van der Waals surface area contributed by atoms with Gasteiger partial charge in [-0.05, 0) is 25.0 Å². The molecule has 4 aromatic heterocycles. The van der Waals surface area contributed by atoms with E-state index in [1.807, 2.05) is 36.0 Å². The highest BCUT2D eigenvalue weighted by atomic mass is 16.5. The van der Waals surface area contributed by atoms with Gasteiger partial charge in [0.05, 0.1) is 11.9 Å². The summed E-state index contributed by atoms with van der Waals surface area (Å²) < 4.78 is 8.45. The van der Waals surface area contributed by atoms with Gasteiger partial charge in [-0.25, -0.2) is 9.97 Å². The number of carbonyl (C=O) groups is 1. The van der Waals surface area contributed by atoms with Crippen LogP contribution in [0.3, 0.4) is 0 Å². The number of amides is 1. The van der Waals surface area contributed by atoms with E-state index in [1.165, 1.54) is 44.7 Å². The number of fused-ring (bicyclic) bond motifs is 2. The molecule has 188 valence electrons. The Morgan fingerprint density at radius 3 is 2.46 bits per heavy atom. The van der Waals surface area contributed by atoms with Crippen LogP contribution in [0.2, 0.25) is 0 Å². The van der Waals surface area contributed by atoms with Gasteiger partial charge in [0, 0.05) is 56.7 Å². The first kappa shape index (κ1) is 26.2. The molecule has 1 amide bonds. The lowest BCUT2D eigenvalue weighted by Crippen LogP contribution is -2.11. The van der Waals surface area contributed by atoms with Crippen LogP contribution in [-0.4, -0.2) is 50.3 Å². The van der Waals surface area contributed by atoms with Crippen molar-refractivity contribution in [3.8, 4) is 11.3 Å². The quantitative estimate of drug-likeness (QED) is 0.384. The molecule has 1 fully saturated rings. The molecule has 35 heavy (non-hydrogen) atoms. The first-order valence-electron chi connectivity index (χ1n) is 12.4. The van der Waals surface area contributed by atoms with Crippen molar-refractivity contribution in [2.75, 3.05) is 25.6 Å². The summed E-state index contributed by atoms with van der Waals surface area (Å²) in [6, 6.07) is 5.76. The van der Waals surface area contributed by atoms with Crippen LogP contribution in [0.5, 0.6) is 0 Å². The molecule has 3 N–H and O–H groups in total. The Balaban J connectivity index is 0.000000258. The molecule has 0 bridgehead atoms. The second-order valence-corrected chi connectivity index (χ2v) is 8.49. The maximum absolute atomic E-state index is 11.6. The lowest BCUT2D eigenvalue weighted by Gasteiger charge is -2.07. The summed E-state index contributed by atoms with van der Waals surface area (Å²) in [6.07, 6.45) is 13.2. The van der Waals surface area contributed by atoms with Gasteiger partial charge >= 0.3 is 0 Å². The number of carbonyl (C=O) groups excluding carboxylic acids is 1. The topological polar surface area (TPSA) is 112 Å². The highest BCUT2D eigenvalue weighted by Crippen LogP contribution is 2.30. The number of aromatic nitrogens is 5. The normalized spacial score (nSPS) is 12.7. The van der Waals surface area contributed by atoms with Crippen molar-refractivity contribution in [2.24, 2.45) is 12.8 Å². The largest absolute Gasteiger partial charge is 0.381 e. The van der Waals surface area contributed by atoms with Gasteiger partial charge in [-0.15, -0.1) is 0 Å². The lowest BCUT2D eigenvalue weighted by atomic mass is 10.1. The average molecular weight is 480 g/mol. The van der Waals surface area contributed by atoms with Crippen LogP contribution in [0.25, 0.3) is 27.9 Å². The molecule has 4 aromatic rings. The molecular weight excluding hydrogens is 442 g/mol. The maximum Gasteiger partial charge on any atom is 0.254 e. The molecule has 5 heterocycles. The number of nitrogens with two attached hydrogens (primary N) is 1. The van der Waals surface area contributed by atoms with Gasteiger partial charge < -0.3 is 20.4 Å². The SMILES string of the molecule is C1CCOC1.CCCCCC.CNc1cc(-c2cn(C)c3ncccc23)nc2c(C(N)=O)cnn12. The molecule has 0 aliphatic carbocycles. The number of aryl methyl sites for hydroxylation is 1. The zero-order valence-electron chi connectivity index (χ0n) is 21.3. The zero-order chi connectivity index (χ0) is 25.2. The summed E-state index contributed by atoms with van der Waals surface area (Å²) in [5.41, 5.74) is 8.65. The van der Waals surface area contributed by atoms with Crippen LogP contribution >= 0.6 is 0 Å². The predicted octanol–water partition coefficient (Wildman–Crippen LogP) is 4.81. The Hall–Kier alpha value is -3.46. The van der Waals surface area contributed by atoms with Crippen molar-refractivity contribution >= 4 is 28.4 Å². The molecule has 5 rings (SSSR count). The Morgan fingerprint density at radius 2 is 1.89 bits per heavy atom. The third-order valence-corrected chi connectivity index (χ3v) is 5.79. The number of rotatable bonds is 6. The van der Waals surface area contributed by atoms with E-state index in [0.29, 0.717) is 17.2 Å². The van der Waals surface area contributed by atoms with Gasteiger partial charge in [0.15, 0.2) is 5.65 Å². The van der Waals surface area contributed by atoms with E-state index in [-0.39, 0.29) is 5.56 Å². The summed E-state index contributed by atoms with van der Waals surface area (Å²) in [7, 11) is 3.72. The fourth-order valence-corrected chi connectivity index (χ4v) is 3.88. The summed E-state index contributed by atoms with van der Waals surface area (Å²) in [6.45, 7) is 6.46. The van der Waals surface area contributed by atoms with Crippen LogP contribution < -0.4 is 11.1 Å². The second kappa shape index (κ2) is 12.9. The number of nitrogens with one attached hydrogen (secondary N) is 1. The Labute approximate surface area is 206 Å². The number of nitrogens with zero attached hydrogens (tertiary/aromatic N) is 5. The predicted molar refractivity (Wildman–Crippen MR) is 141 cm³/mol. The second-order valence-electron chi connectivity index (χ2n) is 8.49. The van der Waals surface area contributed by atoms with Gasteiger partial charge in [-0.3, -0.25) is 4.79 Å². The van der Waals surface area contributed by atoms with Gasteiger partial charge in [-0.1, -0.05) is 39.5 Å². The molecule has 0 saturated carbocycles. The van der Waals surface area contributed by atoms with E-state index >= 15 is 0 Å². The van der Waals surface area contributed by atoms with Crippen LogP contribution in [0, 0.1) is 0 Å². The number of ether oxygens (including phenoxy) is 1. The van der Waals surface area contributed by atoms with Gasteiger partial charge in [0.1, 0.15) is 17.0 Å². The minimum absolute atomic E-state index is 0.284. The number of pyridine rings is 1. The Kier molecular flexibility index (Phi) is 9.60. The number of primary amides is 1. The van der Waals surface area contributed by atoms with E-state index in [9.17, 15) is 4.79 Å². The minimum Gasteiger partial charge on any atom is -0.381 e. The number of hydrogen-bond acceptors (Lipinski definition) is 6. The molecule has 1 aliphatic heterocycles. The molecule has 9 nitrogen and oxygen atoms in total. The first-order chi connectivity index (χ1) is 17.0. The van der Waals surface area contributed by atoms with E-state index in [1.54, 1.807) is 17.8 Å². The number of anilines is 1. The fourth-order valence-electron chi connectivity index (χ4n) is 3.88. The van der Waals surface area contributed by atoms with Crippen molar-refractivity contribution in [2.45, 2.75) is 52.4 Å². The van der Waals surface area contributed by atoms with Crippen LogP contribution in [0.4, 0.5) is 5.82 Å². The average Bonchev–Trinajstić information content (AvgIpc) is 3.64. The van der Waals surface area contributed by atoms with Crippen molar-refractivity contribution in [1.82, 2.24) is 24.1 Å². The van der Waals surface area contributed by atoms with Crippen LogP contribution in [0.15, 0.2) is 36.8 Å². The Bertz CT molecular complexity index is 1230. The van der Waals surface area contributed by atoms with E-state index in [2.05, 4.69) is 34.2 Å². The molecular formula is C26H37N7O2. The number of unbranched alkanes of at least 4 members (excludes halogenated alkanes) is 3. The smallest absolute Gasteiger partial charge is 0.254 e. The third kappa shape index (κ3) is 6.36. The van der Waals surface area contributed by atoms with Crippen molar-refractivity contribution < 1.29 is 9.53 Å². The van der Waals surface area contributed by atoms with Crippen molar-refractivity contribution in [1.29, 1.82) is 0 Å². The minimum atomic E-state index is -0.559. The molecule has 9 heteroatoms. The van der Waals surface area contributed by atoms with Crippen molar-refractivity contribution in [3.05, 3.63) is 42.4 Å². The fraction of sp³-hybridized carbons (Fsp3) is 0.462. The summed E-state index contributed by atoms with van der Waals surface area (Å²) in [5.74, 6) is 0.152. The molecule has 1 aliphatic rings. The monoisotopic (exact) mass is 479 g/mol. The van der Waals surface area contributed by atoms with Crippen LogP contribution in [-0.2, 0) is 11.8 Å². The number of hydrogen-bond donors (Lipinski definition) is 2. The first-order valence-corrected chi connectivity index (χ1v) is 12.4. The molecule has 1 saturated heterocycles. The van der Waals surface area contributed by atoms with Gasteiger partial charge in [0.2, 0.25) is 0 Å². The molecule has 0 atom stereocenters.